The van der Waals surface area contributed by atoms with E-state index in [4.69, 9.17) is 17.3 Å². The predicted molar refractivity (Wildman–Crippen MR) is 46.9 cm³/mol. The maximum atomic E-state index is 10.8. The quantitative estimate of drug-likeness (QED) is 0.710. The Morgan fingerprint density at radius 1 is 1.67 bits per heavy atom. The minimum atomic E-state index is -0.273. The molecule has 0 bridgehead atoms. The Morgan fingerprint density at radius 3 is 2.92 bits per heavy atom. The summed E-state index contributed by atoms with van der Waals surface area (Å²) in [5.41, 5.74) is 5.08. The van der Waals surface area contributed by atoms with Crippen molar-refractivity contribution in [1.29, 1.82) is 0 Å². The number of hydrogen-bond acceptors (Lipinski definition) is 3. The zero-order chi connectivity index (χ0) is 8.97. The average molecular weight is 186 g/mol. The van der Waals surface area contributed by atoms with E-state index in [2.05, 4.69) is 10.3 Å². The third kappa shape index (κ3) is 2.48. The van der Waals surface area contributed by atoms with E-state index in [0.717, 1.165) is 0 Å². The van der Waals surface area contributed by atoms with Crippen LogP contribution in [0.2, 0.25) is 5.02 Å². The van der Waals surface area contributed by atoms with Gasteiger partial charge in [0.25, 0.3) is 0 Å². The molecule has 1 aromatic rings. The Bertz CT molecular complexity index is 272. The van der Waals surface area contributed by atoms with E-state index >= 15 is 0 Å². The van der Waals surface area contributed by atoms with Crippen molar-refractivity contribution in [3.05, 3.63) is 23.4 Å². The molecule has 12 heavy (non-hydrogen) atoms. The highest BCUT2D eigenvalue weighted by molar-refractivity contribution is 6.30. The molecule has 1 aromatic heterocycles. The molecule has 0 aromatic carbocycles. The van der Waals surface area contributed by atoms with Crippen LogP contribution in [0.15, 0.2) is 18.3 Å². The third-order valence-corrected chi connectivity index (χ3v) is 1.40. The average Bonchev–Trinajstić information content (AvgIpc) is 2.09. The largest absolute Gasteiger partial charge is 0.322 e. The van der Waals surface area contributed by atoms with Gasteiger partial charge in [-0.2, -0.15) is 0 Å². The van der Waals surface area contributed by atoms with Gasteiger partial charge in [0.15, 0.2) is 0 Å². The number of halogens is 1. The monoisotopic (exact) mass is 185 g/mol. The number of pyridine rings is 1. The normalized spacial score (nSPS) is 9.50. The molecule has 1 heterocycles. The van der Waals surface area contributed by atoms with E-state index in [0.29, 0.717) is 10.8 Å². The molecule has 0 saturated carbocycles. The smallest absolute Gasteiger partial charge is 0.239 e. The molecule has 0 radical (unpaired) electrons. The first-order valence-corrected chi connectivity index (χ1v) is 3.71. The van der Waals surface area contributed by atoms with Gasteiger partial charge in [-0.15, -0.1) is 0 Å². The molecule has 0 atom stereocenters. The van der Waals surface area contributed by atoms with Crippen molar-refractivity contribution in [3.8, 4) is 0 Å². The molecule has 0 unspecified atom stereocenters. The summed E-state index contributed by atoms with van der Waals surface area (Å²) in [4.78, 5) is 14.6. The van der Waals surface area contributed by atoms with Gasteiger partial charge >= 0.3 is 0 Å². The van der Waals surface area contributed by atoms with Crippen molar-refractivity contribution in [2.24, 2.45) is 5.73 Å². The molecule has 1 amide bonds. The number of amides is 1. The van der Waals surface area contributed by atoms with Crippen LogP contribution in [-0.2, 0) is 4.79 Å². The molecule has 3 N–H and O–H groups in total. The molecule has 0 aliphatic heterocycles. The van der Waals surface area contributed by atoms with Crippen molar-refractivity contribution < 1.29 is 4.79 Å². The maximum absolute atomic E-state index is 10.8. The van der Waals surface area contributed by atoms with Crippen molar-refractivity contribution in [3.63, 3.8) is 0 Å². The lowest BCUT2D eigenvalue weighted by atomic mass is 10.4. The van der Waals surface area contributed by atoms with Crippen LogP contribution in [0.5, 0.6) is 0 Å². The standard InChI is InChI=1S/C7H8ClN3O/c8-5-1-2-6(10-4-5)11-7(12)3-9/h1-2,4H,3,9H2,(H,10,11,12). The number of nitrogens with zero attached hydrogens (tertiary/aromatic N) is 1. The highest BCUT2D eigenvalue weighted by Gasteiger charge is 1.98. The van der Waals surface area contributed by atoms with E-state index in [9.17, 15) is 4.79 Å². The van der Waals surface area contributed by atoms with Crippen LogP contribution in [0, 0.1) is 0 Å². The van der Waals surface area contributed by atoms with Gasteiger partial charge in [0.2, 0.25) is 5.91 Å². The van der Waals surface area contributed by atoms with E-state index in [1.165, 1.54) is 6.20 Å². The topological polar surface area (TPSA) is 68.0 Å². The van der Waals surface area contributed by atoms with Crippen LogP contribution < -0.4 is 11.1 Å². The predicted octanol–water partition coefficient (Wildman–Crippen LogP) is 0.632. The second-order valence-electron chi connectivity index (χ2n) is 2.11. The van der Waals surface area contributed by atoms with Crippen LogP contribution in [-0.4, -0.2) is 17.4 Å². The summed E-state index contributed by atoms with van der Waals surface area (Å²) in [7, 11) is 0. The second kappa shape index (κ2) is 4.04. The number of aromatic nitrogens is 1. The van der Waals surface area contributed by atoms with Crippen LogP contribution in [0.3, 0.4) is 0 Å². The van der Waals surface area contributed by atoms with Crippen LogP contribution >= 0.6 is 11.6 Å². The fraction of sp³-hybridized carbons (Fsp3) is 0.143. The van der Waals surface area contributed by atoms with E-state index < -0.39 is 0 Å². The minimum Gasteiger partial charge on any atom is -0.322 e. The maximum Gasteiger partial charge on any atom is 0.239 e. The Labute approximate surface area is 74.7 Å². The lowest BCUT2D eigenvalue weighted by molar-refractivity contribution is -0.114. The number of rotatable bonds is 2. The van der Waals surface area contributed by atoms with Crippen molar-refractivity contribution in [1.82, 2.24) is 4.98 Å². The first-order valence-electron chi connectivity index (χ1n) is 3.34. The lowest BCUT2D eigenvalue weighted by Crippen LogP contribution is -2.22. The fourth-order valence-corrected chi connectivity index (χ4v) is 0.755. The molecule has 0 aliphatic rings. The molecule has 0 saturated heterocycles. The molecule has 1 rings (SSSR count). The lowest BCUT2D eigenvalue weighted by Gasteiger charge is -2.00. The molecule has 0 fully saturated rings. The van der Waals surface area contributed by atoms with Gasteiger partial charge in [-0.25, -0.2) is 4.98 Å². The Kier molecular flexibility index (Phi) is 3.01. The number of nitrogens with one attached hydrogen (secondary N) is 1. The van der Waals surface area contributed by atoms with Gasteiger partial charge in [0.1, 0.15) is 5.82 Å². The zero-order valence-corrected chi connectivity index (χ0v) is 7.01. The van der Waals surface area contributed by atoms with Gasteiger partial charge in [-0.3, -0.25) is 4.79 Å². The van der Waals surface area contributed by atoms with Crippen LogP contribution in [0.4, 0.5) is 5.82 Å². The highest BCUT2D eigenvalue weighted by Crippen LogP contribution is 2.08. The summed E-state index contributed by atoms with van der Waals surface area (Å²) >= 11 is 5.58. The van der Waals surface area contributed by atoms with Crippen molar-refractivity contribution in [2.75, 3.05) is 11.9 Å². The van der Waals surface area contributed by atoms with E-state index in [1.807, 2.05) is 0 Å². The number of anilines is 1. The summed E-state index contributed by atoms with van der Waals surface area (Å²) in [5.74, 6) is 0.180. The number of nitrogens with two attached hydrogens (primary N) is 1. The Hall–Kier alpha value is -1.13. The SMILES string of the molecule is NCC(=O)Nc1ccc(Cl)cn1. The summed E-state index contributed by atoms with van der Waals surface area (Å²) in [5, 5.41) is 3.01. The second-order valence-corrected chi connectivity index (χ2v) is 2.55. The van der Waals surface area contributed by atoms with Crippen LogP contribution in [0.25, 0.3) is 0 Å². The Morgan fingerprint density at radius 2 is 2.42 bits per heavy atom. The molecule has 0 spiro atoms. The van der Waals surface area contributed by atoms with Gasteiger partial charge in [-0.05, 0) is 12.1 Å². The van der Waals surface area contributed by atoms with Gasteiger partial charge in [-0.1, -0.05) is 11.6 Å². The number of carbonyl (C=O) groups excluding carboxylic acids is 1. The summed E-state index contributed by atoms with van der Waals surface area (Å²) < 4.78 is 0. The molecule has 5 heteroatoms. The zero-order valence-electron chi connectivity index (χ0n) is 6.25. The first kappa shape index (κ1) is 8.96. The fourth-order valence-electron chi connectivity index (χ4n) is 0.644. The number of hydrogen-bond donors (Lipinski definition) is 2. The Balaban J connectivity index is 2.64. The van der Waals surface area contributed by atoms with Crippen molar-refractivity contribution >= 4 is 23.3 Å². The highest BCUT2D eigenvalue weighted by atomic mass is 35.5. The molecule has 0 aliphatic carbocycles. The van der Waals surface area contributed by atoms with Crippen molar-refractivity contribution in [2.45, 2.75) is 0 Å². The number of carbonyl (C=O) groups is 1. The molecular formula is C7H8ClN3O. The van der Waals surface area contributed by atoms with E-state index in [-0.39, 0.29) is 12.5 Å². The van der Waals surface area contributed by atoms with Gasteiger partial charge < -0.3 is 11.1 Å². The minimum absolute atomic E-state index is 0.0513. The van der Waals surface area contributed by atoms with E-state index in [1.54, 1.807) is 12.1 Å². The summed E-state index contributed by atoms with van der Waals surface area (Å²) in [6.07, 6.45) is 1.45. The first-order chi connectivity index (χ1) is 5.72. The summed E-state index contributed by atoms with van der Waals surface area (Å²) in [6.45, 7) is -0.0513. The van der Waals surface area contributed by atoms with Gasteiger partial charge in [0.05, 0.1) is 11.6 Å². The molecular weight excluding hydrogens is 178 g/mol. The summed E-state index contributed by atoms with van der Waals surface area (Å²) in [6, 6.07) is 3.25. The van der Waals surface area contributed by atoms with Crippen LogP contribution in [0.1, 0.15) is 0 Å². The third-order valence-electron chi connectivity index (χ3n) is 1.18. The van der Waals surface area contributed by atoms with Gasteiger partial charge in [0, 0.05) is 6.20 Å². The molecule has 4 nitrogen and oxygen atoms in total. The molecule has 64 valence electrons.